The molecule has 3 N–H and O–H groups in total. The fraction of sp³-hybridized carbons (Fsp3) is 0.462. The number of benzene rings is 1. The van der Waals surface area contributed by atoms with Gasteiger partial charge in [0.1, 0.15) is 5.75 Å². The minimum Gasteiger partial charge on any atom is -0.488 e. The van der Waals surface area contributed by atoms with Crippen LogP contribution in [-0.2, 0) is 0 Å². The van der Waals surface area contributed by atoms with Gasteiger partial charge in [-0.15, -0.1) is 0 Å². The molecular formula is C13H18N2O2. The third-order valence-electron chi connectivity index (χ3n) is 2.99. The van der Waals surface area contributed by atoms with E-state index in [4.69, 9.17) is 10.5 Å². The minimum absolute atomic E-state index is 0.263. The summed E-state index contributed by atoms with van der Waals surface area (Å²) in [4.78, 5) is 10.9. The number of hydrogen-bond acceptors (Lipinski definition) is 2. The molecule has 1 saturated carbocycles. The lowest BCUT2D eigenvalue weighted by molar-refractivity contribution is 0.156. The number of primary amides is 1. The van der Waals surface area contributed by atoms with E-state index in [1.54, 1.807) is 6.07 Å². The zero-order valence-corrected chi connectivity index (χ0v) is 9.82. The number of urea groups is 1. The van der Waals surface area contributed by atoms with E-state index >= 15 is 0 Å². The van der Waals surface area contributed by atoms with Crippen LogP contribution in [0.5, 0.6) is 5.75 Å². The number of rotatable bonds is 3. The van der Waals surface area contributed by atoms with Gasteiger partial charge < -0.3 is 15.8 Å². The van der Waals surface area contributed by atoms with Crippen LogP contribution in [-0.4, -0.2) is 12.1 Å². The quantitative estimate of drug-likeness (QED) is 0.844. The van der Waals surface area contributed by atoms with Crippen LogP contribution in [0, 0.1) is 0 Å². The molecule has 0 radical (unpaired) electrons. The first kappa shape index (κ1) is 11.8. The molecule has 0 saturated heterocycles. The molecule has 0 unspecified atom stereocenters. The number of hydrogen-bond donors (Lipinski definition) is 2. The van der Waals surface area contributed by atoms with E-state index in [0.717, 1.165) is 12.8 Å². The Hall–Kier alpha value is -1.71. The third kappa shape index (κ3) is 3.37. The van der Waals surface area contributed by atoms with Crippen molar-refractivity contribution in [3.63, 3.8) is 0 Å². The van der Waals surface area contributed by atoms with Gasteiger partial charge in [0.15, 0.2) is 0 Å². The highest BCUT2D eigenvalue weighted by Crippen LogP contribution is 2.28. The number of para-hydroxylation sites is 2. The van der Waals surface area contributed by atoms with Crippen LogP contribution in [0.1, 0.15) is 32.1 Å². The molecule has 4 heteroatoms. The fourth-order valence-corrected chi connectivity index (χ4v) is 2.17. The fourth-order valence-electron chi connectivity index (χ4n) is 2.17. The molecule has 1 aliphatic rings. The minimum atomic E-state index is -0.565. The van der Waals surface area contributed by atoms with E-state index in [9.17, 15) is 4.79 Å². The summed E-state index contributed by atoms with van der Waals surface area (Å²) in [7, 11) is 0. The molecule has 1 aliphatic carbocycles. The number of nitrogens with one attached hydrogen (secondary N) is 1. The van der Waals surface area contributed by atoms with Gasteiger partial charge in [0.05, 0.1) is 11.8 Å². The van der Waals surface area contributed by atoms with Crippen LogP contribution in [0.25, 0.3) is 0 Å². The molecule has 1 fully saturated rings. The Bertz CT molecular complexity index is 387. The van der Waals surface area contributed by atoms with Crippen molar-refractivity contribution in [1.82, 2.24) is 0 Å². The Balaban J connectivity index is 2.05. The van der Waals surface area contributed by atoms with Gasteiger partial charge in [-0.3, -0.25) is 0 Å². The molecular weight excluding hydrogens is 216 g/mol. The average Bonchev–Trinajstić information content (AvgIpc) is 2.32. The number of ether oxygens (including phenoxy) is 1. The zero-order valence-electron chi connectivity index (χ0n) is 9.82. The van der Waals surface area contributed by atoms with Crippen molar-refractivity contribution < 1.29 is 9.53 Å². The van der Waals surface area contributed by atoms with E-state index < -0.39 is 6.03 Å². The highest BCUT2D eigenvalue weighted by Gasteiger charge is 2.16. The van der Waals surface area contributed by atoms with Crippen molar-refractivity contribution in [3.8, 4) is 5.75 Å². The Labute approximate surface area is 101 Å². The highest BCUT2D eigenvalue weighted by molar-refractivity contribution is 5.89. The number of carbonyl (C=O) groups excluding carboxylic acids is 1. The first-order chi connectivity index (χ1) is 8.25. The molecule has 0 spiro atoms. The van der Waals surface area contributed by atoms with E-state index in [0.29, 0.717) is 11.4 Å². The standard InChI is InChI=1S/C13H18N2O2/c14-13(16)15-11-8-4-5-9-12(11)17-10-6-2-1-3-7-10/h4-5,8-10H,1-3,6-7H2,(H3,14,15,16). The van der Waals surface area contributed by atoms with Gasteiger partial charge >= 0.3 is 6.03 Å². The second-order valence-electron chi connectivity index (χ2n) is 4.36. The molecule has 17 heavy (non-hydrogen) atoms. The zero-order chi connectivity index (χ0) is 12.1. The van der Waals surface area contributed by atoms with Gasteiger partial charge in [-0.25, -0.2) is 4.79 Å². The summed E-state index contributed by atoms with van der Waals surface area (Å²) in [5.41, 5.74) is 5.76. The lowest BCUT2D eigenvalue weighted by atomic mass is 9.98. The first-order valence-corrected chi connectivity index (χ1v) is 6.08. The van der Waals surface area contributed by atoms with Crippen LogP contribution in [0.2, 0.25) is 0 Å². The van der Waals surface area contributed by atoms with E-state index in [2.05, 4.69) is 5.32 Å². The van der Waals surface area contributed by atoms with Crippen molar-refractivity contribution in [3.05, 3.63) is 24.3 Å². The maximum Gasteiger partial charge on any atom is 0.316 e. The van der Waals surface area contributed by atoms with Gasteiger partial charge in [0.25, 0.3) is 0 Å². The van der Waals surface area contributed by atoms with E-state index in [1.165, 1.54) is 19.3 Å². The second-order valence-corrected chi connectivity index (χ2v) is 4.36. The molecule has 4 nitrogen and oxygen atoms in total. The van der Waals surface area contributed by atoms with E-state index in [1.807, 2.05) is 18.2 Å². The molecule has 1 aromatic rings. The Morgan fingerprint density at radius 1 is 1.24 bits per heavy atom. The van der Waals surface area contributed by atoms with Crippen molar-refractivity contribution in [2.24, 2.45) is 5.73 Å². The topological polar surface area (TPSA) is 64.4 Å². The molecule has 2 amide bonds. The van der Waals surface area contributed by atoms with Crippen molar-refractivity contribution >= 4 is 11.7 Å². The van der Waals surface area contributed by atoms with Gasteiger partial charge in [-0.05, 0) is 37.8 Å². The number of amides is 2. The molecule has 0 heterocycles. The summed E-state index contributed by atoms with van der Waals surface area (Å²) >= 11 is 0. The molecule has 0 bridgehead atoms. The molecule has 0 atom stereocenters. The van der Waals surface area contributed by atoms with Gasteiger partial charge in [0, 0.05) is 0 Å². The first-order valence-electron chi connectivity index (χ1n) is 6.08. The van der Waals surface area contributed by atoms with Gasteiger partial charge in [0.2, 0.25) is 0 Å². The summed E-state index contributed by atoms with van der Waals surface area (Å²) in [6, 6.07) is 6.83. The number of anilines is 1. The van der Waals surface area contributed by atoms with Crippen molar-refractivity contribution in [2.45, 2.75) is 38.2 Å². The number of carbonyl (C=O) groups is 1. The summed E-state index contributed by atoms with van der Waals surface area (Å²) in [6.45, 7) is 0. The van der Waals surface area contributed by atoms with Gasteiger partial charge in [-0.1, -0.05) is 18.6 Å². The highest BCUT2D eigenvalue weighted by atomic mass is 16.5. The normalized spacial score (nSPS) is 16.5. The molecule has 0 aliphatic heterocycles. The van der Waals surface area contributed by atoms with Crippen LogP contribution in [0.3, 0.4) is 0 Å². The monoisotopic (exact) mass is 234 g/mol. The van der Waals surface area contributed by atoms with Crippen molar-refractivity contribution in [1.29, 1.82) is 0 Å². The predicted molar refractivity (Wildman–Crippen MR) is 67.1 cm³/mol. The van der Waals surface area contributed by atoms with Crippen LogP contribution < -0.4 is 15.8 Å². The maximum absolute atomic E-state index is 10.9. The maximum atomic E-state index is 10.9. The van der Waals surface area contributed by atoms with Crippen LogP contribution in [0.4, 0.5) is 10.5 Å². The smallest absolute Gasteiger partial charge is 0.316 e. The Kier molecular flexibility index (Phi) is 3.85. The van der Waals surface area contributed by atoms with Crippen LogP contribution >= 0.6 is 0 Å². The van der Waals surface area contributed by atoms with Gasteiger partial charge in [-0.2, -0.15) is 0 Å². The summed E-state index contributed by atoms with van der Waals surface area (Å²) < 4.78 is 5.92. The molecule has 0 aromatic heterocycles. The lowest BCUT2D eigenvalue weighted by Crippen LogP contribution is -2.22. The Morgan fingerprint density at radius 2 is 1.94 bits per heavy atom. The summed E-state index contributed by atoms with van der Waals surface area (Å²) in [5, 5.41) is 2.58. The largest absolute Gasteiger partial charge is 0.488 e. The lowest BCUT2D eigenvalue weighted by Gasteiger charge is -2.24. The van der Waals surface area contributed by atoms with Crippen molar-refractivity contribution in [2.75, 3.05) is 5.32 Å². The Morgan fingerprint density at radius 3 is 2.65 bits per heavy atom. The average molecular weight is 234 g/mol. The van der Waals surface area contributed by atoms with Crippen LogP contribution in [0.15, 0.2) is 24.3 Å². The van der Waals surface area contributed by atoms with E-state index in [-0.39, 0.29) is 6.10 Å². The second kappa shape index (κ2) is 5.57. The number of nitrogens with two attached hydrogens (primary N) is 1. The molecule has 2 rings (SSSR count). The molecule has 1 aromatic carbocycles. The summed E-state index contributed by atoms with van der Waals surface area (Å²) in [6.07, 6.45) is 6.17. The molecule has 92 valence electrons. The third-order valence-corrected chi connectivity index (χ3v) is 2.99. The summed E-state index contributed by atoms with van der Waals surface area (Å²) in [5.74, 6) is 0.707. The predicted octanol–water partition coefficient (Wildman–Crippen LogP) is 2.89. The SMILES string of the molecule is NC(=O)Nc1ccccc1OC1CCCCC1.